The van der Waals surface area contributed by atoms with Gasteiger partial charge in [-0.15, -0.1) is 0 Å². The zero-order valence-corrected chi connectivity index (χ0v) is 35.3. The lowest BCUT2D eigenvalue weighted by atomic mass is 9.69. The first-order chi connectivity index (χ1) is 29.6. The highest BCUT2D eigenvalue weighted by molar-refractivity contribution is 5.95. The van der Waals surface area contributed by atoms with Gasteiger partial charge in [-0.25, -0.2) is 0 Å². The van der Waals surface area contributed by atoms with Crippen molar-refractivity contribution in [2.45, 2.75) is 101 Å². The van der Waals surface area contributed by atoms with Crippen LogP contribution >= 0.6 is 0 Å². The molecule has 6 aromatic rings. The Bertz CT molecular complexity index is 2730. The highest BCUT2D eigenvalue weighted by Crippen LogP contribution is 2.63. The number of nitrogens with zero attached hydrogens (tertiary/aromatic N) is 1. The molecule has 0 aromatic heterocycles. The summed E-state index contributed by atoms with van der Waals surface area (Å²) in [6.45, 7) is 2.38. The number of aryl methyl sites for hydroxylation is 1. The van der Waals surface area contributed by atoms with Crippen LogP contribution in [0.2, 0.25) is 0 Å². The van der Waals surface area contributed by atoms with Crippen molar-refractivity contribution in [3.63, 3.8) is 0 Å². The number of hydrogen-bond acceptors (Lipinski definition) is 1. The Morgan fingerprint density at radius 2 is 1.48 bits per heavy atom. The lowest BCUT2D eigenvalue weighted by Gasteiger charge is -2.41. The van der Waals surface area contributed by atoms with Gasteiger partial charge in [-0.1, -0.05) is 153 Å². The highest BCUT2D eigenvalue weighted by atomic mass is 15.2. The van der Waals surface area contributed by atoms with Gasteiger partial charge in [0.1, 0.15) is 0 Å². The third kappa shape index (κ3) is 5.86. The molecule has 1 nitrogen and oxygen atoms in total. The summed E-state index contributed by atoms with van der Waals surface area (Å²) in [4.78, 5) is 2.90. The van der Waals surface area contributed by atoms with E-state index < -0.39 is 0 Å². The van der Waals surface area contributed by atoms with E-state index in [1.165, 1.54) is 112 Å². The molecule has 6 aromatic carbocycles. The first-order valence-corrected chi connectivity index (χ1v) is 23.4. The smallest absolute Gasteiger partial charge is 0.0514 e. The fourth-order valence-electron chi connectivity index (χ4n) is 13.5. The van der Waals surface area contributed by atoms with E-state index in [4.69, 9.17) is 0 Å². The van der Waals surface area contributed by atoms with Gasteiger partial charge in [0.25, 0.3) is 0 Å². The molecule has 2 fully saturated rings. The van der Waals surface area contributed by atoms with Gasteiger partial charge in [-0.2, -0.15) is 0 Å². The summed E-state index contributed by atoms with van der Waals surface area (Å²) in [6, 6.07) is 53.1. The molecule has 0 amide bonds. The van der Waals surface area contributed by atoms with Crippen LogP contribution in [0.3, 0.4) is 0 Å². The minimum atomic E-state index is -0.136. The van der Waals surface area contributed by atoms with Crippen molar-refractivity contribution in [1.29, 1.82) is 0 Å². The normalized spacial score (nSPS) is 26.7. The molecule has 12 rings (SSSR count). The van der Waals surface area contributed by atoms with Crippen LogP contribution in [0.1, 0.15) is 104 Å². The predicted octanol–water partition coefficient (Wildman–Crippen LogP) is 14.4. The SMILES string of the molecule is CC1/C=C\C=C2/CC3(c4ccccc4C1)c1cc(CCC(Cc4ccc5ccccc5c4)C4CCC5=C6CCCCC6N(c6ccccc6)C5C4)ccc1-c1cccc2c13. The zero-order valence-electron chi connectivity index (χ0n) is 35.3. The summed E-state index contributed by atoms with van der Waals surface area (Å²) in [7, 11) is 0. The van der Waals surface area contributed by atoms with Crippen molar-refractivity contribution in [2.75, 3.05) is 4.90 Å². The van der Waals surface area contributed by atoms with E-state index in [0.717, 1.165) is 25.7 Å². The molecule has 5 aliphatic carbocycles. The fraction of sp³-hybridized carbons (Fsp3) is 0.322. The molecular weight excluding hydrogens is 723 g/mol. The van der Waals surface area contributed by atoms with Crippen molar-refractivity contribution in [3.05, 3.63) is 202 Å². The molecule has 2 saturated carbocycles. The minimum Gasteiger partial charge on any atom is -0.358 e. The van der Waals surface area contributed by atoms with Crippen LogP contribution in [0, 0.1) is 17.8 Å². The van der Waals surface area contributed by atoms with Crippen LogP contribution in [-0.4, -0.2) is 12.1 Å². The molecule has 1 heteroatoms. The molecule has 1 aliphatic heterocycles. The first-order valence-electron chi connectivity index (χ1n) is 23.4. The van der Waals surface area contributed by atoms with Crippen molar-refractivity contribution < 1.29 is 0 Å². The molecule has 2 bridgehead atoms. The largest absolute Gasteiger partial charge is 0.358 e. The van der Waals surface area contributed by atoms with E-state index in [-0.39, 0.29) is 5.41 Å². The average molecular weight is 780 g/mol. The number of para-hydroxylation sites is 1. The van der Waals surface area contributed by atoms with Gasteiger partial charge >= 0.3 is 0 Å². The maximum atomic E-state index is 2.90. The zero-order chi connectivity index (χ0) is 39.8. The van der Waals surface area contributed by atoms with Crippen molar-refractivity contribution in [2.24, 2.45) is 17.8 Å². The fourth-order valence-corrected chi connectivity index (χ4v) is 13.5. The Morgan fingerprint density at radius 3 is 2.42 bits per heavy atom. The van der Waals surface area contributed by atoms with E-state index >= 15 is 0 Å². The molecule has 6 aliphatic rings. The summed E-state index contributed by atoms with van der Waals surface area (Å²) in [6.07, 6.45) is 22.0. The second-order valence-electron chi connectivity index (χ2n) is 19.4. The van der Waals surface area contributed by atoms with Gasteiger partial charge in [-0.3, -0.25) is 0 Å². The molecule has 0 N–H and O–H groups in total. The molecule has 1 spiro atoms. The van der Waals surface area contributed by atoms with Crippen LogP contribution in [0.25, 0.3) is 27.5 Å². The third-order valence-electron chi connectivity index (χ3n) is 16.1. The van der Waals surface area contributed by atoms with Crippen molar-refractivity contribution in [3.8, 4) is 11.1 Å². The molecular formula is C59H57N. The number of rotatable bonds is 7. The molecule has 0 saturated heterocycles. The Labute approximate surface area is 357 Å². The quantitative estimate of drug-likeness (QED) is 0.146. The van der Waals surface area contributed by atoms with E-state index in [0.29, 0.717) is 29.8 Å². The number of anilines is 1. The molecule has 60 heavy (non-hydrogen) atoms. The Morgan fingerprint density at radius 1 is 0.667 bits per heavy atom. The summed E-state index contributed by atoms with van der Waals surface area (Å²) in [5, 5.41) is 2.72. The molecule has 6 atom stereocenters. The topological polar surface area (TPSA) is 3.24 Å². The second-order valence-corrected chi connectivity index (χ2v) is 19.4. The second kappa shape index (κ2) is 14.7. The third-order valence-corrected chi connectivity index (χ3v) is 16.1. The van der Waals surface area contributed by atoms with E-state index in [2.05, 4.69) is 164 Å². The lowest BCUT2D eigenvalue weighted by Crippen LogP contribution is -2.43. The van der Waals surface area contributed by atoms with Crippen LogP contribution in [0.15, 0.2) is 163 Å². The van der Waals surface area contributed by atoms with E-state index in [9.17, 15) is 0 Å². The van der Waals surface area contributed by atoms with Crippen LogP contribution < -0.4 is 4.90 Å². The van der Waals surface area contributed by atoms with E-state index in [1.807, 2.05) is 11.1 Å². The van der Waals surface area contributed by atoms with Gasteiger partial charge in [-0.05, 0) is 178 Å². The number of hydrogen-bond donors (Lipinski definition) is 0. The number of fused-ring (bicyclic) bond motifs is 8. The van der Waals surface area contributed by atoms with Crippen LogP contribution in [0.4, 0.5) is 5.69 Å². The molecule has 1 heterocycles. The highest BCUT2D eigenvalue weighted by Gasteiger charge is 2.52. The Kier molecular flexibility index (Phi) is 8.90. The maximum Gasteiger partial charge on any atom is 0.0514 e. The van der Waals surface area contributed by atoms with Crippen LogP contribution in [-0.2, 0) is 24.7 Å². The van der Waals surface area contributed by atoms with Crippen molar-refractivity contribution in [1.82, 2.24) is 0 Å². The Balaban J connectivity index is 0.911. The first kappa shape index (κ1) is 36.5. The van der Waals surface area contributed by atoms with E-state index in [1.54, 1.807) is 11.1 Å². The summed E-state index contributed by atoms with van der Waals surface area (Å²) >= 11 is 0. The summed E-state index contributed by atoms with van der Waals surface area (Å²) < 4.78 is 0. The predicted molar refractivity (Wildman–Crippen MR) is 252 cm³/mol. The lowest BCUT2D eigenvalue weighted by molar-refractivity contribution is 0.243. The van der Waals surface area contributed by atoms with Crippen molar-refractivity contribution >= 4 is 22.0 Å². The minimum absolute atomic E-state index is 0.136. The molecule has 6 unspecified atom stereocenters. The summed E-state index contributed by atoms with van der Waals surface area (Å²) in [5.74, 6) is 1.81. The number of benzene rings is 6. The van der Waals surface area contributed by atoms with Gasteiger partial charge in [0.2, 0.25) is 0 Å². The molecule has 0 radical (unpaired) electrons. The maximum absolute atomic E-state index is 2.90. The van der Waals surface area contributed by atoms with Gasteiger partial charge < -0.3 is 4.90 Å². The number of allylic oxidation sites excluding steroid dienone is 4. The monoisotopic (exact) mass is 779 g/mol. The van der Waals surface area contributed by atoms with Gasteiger partial charge in [0.05, 0.1) is 17.5 Å². The summed E-state index contributed by atoms with van der Waals surface area (Å²) in [5.41, 5.74) is 19.9. The Hall–Kier alpha value is -5.40. The van der Waals surface area contributed by atoms with Crippen LogP contribution in [0.5, 0.6) is 0 Å². The van der Waals surface area contributed by atoms with Gasteiger partial charge in [0.15, 0.2) is 0 Å². The average Bonchev–Trinajstić information content (AvgIpc) is 3.90. The molecule has 298 valence electrons. The van der Waals surface area contributed by atoms with Gasteiger partial charge in [0, 0.05) is 5.69 Å². The standard InChI is InChI=1S/C59H57N/c1-39-13-11-17-47-38-59(54-23-9-7-16-46(54)33-39)55-36-40(27-31-50(55)53-22-12-21-49(47)58(53)59)25-29-44(35-41-26-28-42-14-5-6-15-43(42)34-41)45-30-32-52-51-20-8-10-24-56(51)60(57(52)37-45)48-18-3-2-4-19-48/h2-7,9,11-19,21-23,26-28,31,34,36,39,44-45,56-57H,8,10,20,24-25,29-30,32-33,35,37-38H2,1H3/b13-11-,47-17+.